The van der Waals surface area contributed by atoms with Crippen LogP contribution < -0.4 is 10.6 Å². The van der Waals surface area contributed by atoms with Crippen molar-refractivity contribution in [2.45, 2.75) is 37.8 Å². The van der Waals surface area contributed by atoms with Gasteiger partial charge in [-0.2, -0.15) is 0 Å². The van der Waals surface area contributed by atoms with Crippen LogP contribution in [0.2, 0.25) is 0 Å². The molecule has 3 amide bonds. The number of amides is 3. The van der Waals surface area contributed by atoms with Crippen LogP contribution in [0.3, 0.4) is 0 Å². The number of benzene rings is 1. The van der Waals surface area contributed by atoms with Crippen molar-refractivity contribution in [3.05, 3.63) is 29.8 Å². The van der Waals surface area contributed by atoms with Gasteiger partial charge in [-0.3, -0.25) is 9.59 Å². The number of nitrogens with zero attached hydrogens (tertiary/aromatic N) is 1. The molecule has 2 aliphatic carbocycles. The molecule has 0 unspecified atom stereocenters. The molecular formula is C16H19N3O4. The van der Waals surface area contributed by atoms with E-state index in [4.69, 9.17) is 5.11 Å². The highest BCUT2D eigenvalue weighted by Gasteiger charge is 2.34. The Kier molecular flexibility index (Phi) is 4.18. The molecule has 0 bridgehead atoms. The van der Waals surface area contributed by atoms with Crippen LogP contribution in [0.4, 0.5) is 10.5 Å². The maximum absolute atomic E-state index is 12.5. The van der Waals surface area contributed by atoms with E-state index < -0.39 is 5.97 Å². The van der Waals surface area contributed by atoms with E-state index >= 15 is 0 Å². The van der Waals surface area contributed by atoms with Crippen LogP contribution in [0.1, 0.15) is 36.0 Å². The number of urea groups is 1. The summed E-state index contributed by atoms with van der Waals surface area (Å²) in [6.07, 6.45) is 3.66. The molecule has 7 heteroatoms. The molecule has 23 heavy (non-hydrogen) atoms. The van der Waals surface area contributed by atoms with Crippen LogP contribution >= 0.6 is 0 Å². The van der Waals surface area contributed by atoms with Gasteiger partial charge in [0, 0.05) is 23.3 Å². The number of carbonyl (C=O) groups excluding carboxylic acids is 2. The molecule has 0 heterocycles. The number of aliphatic carboxylic acids is 1. The molecule has 0 spiro atoms. The third kappa shape index (κ3) is 4.21. The zero-order chi connectivity index (χ0) is 16.4. The van der Waals surface area contributed by atoms with Crippen molar-refractivity contribution in [1.82, 2.24) is 10.2 Å². The summed E-state index contributed by atoms with van der Waals surface area (Å²) in [6, 6.07) is 6.54. The smallest absolute Gasteiger partial charge is 0.323 e. The van der Waals surface area contributed by atoms with E-state index in [0.29, 0.717) is 11.3 Å². The van der Waals surface area contributed by atoms with Gasteiger partial charge in [0.15, 0.2) is 0 Å². The SMILES string of the molecule is O=C(O)CN(C(=O)c1cccc(NC(=O)NC2CC2)c1)C1CC1. The summed E-state index contributed by atoms with van der Waals surface area (Å²) >= 11 is 0. The molecule has 2 fully saturated rings. The number of rotatable bonds is 6. The Morgan fingerprint density at radius 2 is 1.91 bits per heavy atom. The molecule has 2 saturated carbocycles. The number of hydrogen-bond acceptors (Lipinski definition) is 3. The van der Waals surface area contributed by atoms with Crippen LogP contribution in [0.15, 0.2) is 24.3 Å². The summed E-state index contributed by atoms with van der Waals surface area (Å²) in [6.45, 7) is -0.302. The van der Waals surface area contributed by atoms with Gasteiger partial charge in [-0.15, -0.1) is 0 Å². The van der Waals surface area contributed by atoms with Gasteiger partial charge in [0.2, 0.25) is 0 Å². The highest BCUT2D eigenvalue weighted by molar-refractivity contribution is 5.98. The summed E-state index contributed by atoms with van der Waals surface area (Å²) in [5, 5.41) is 14.5. The van der Waals surface area contributed by atoms with Gasteiger partial charge < -0.3 is 20.6 Å². The molecule has 0 radical (unpaired) electrons. The number of anilines is 1. The minimum absolute atomic E-state index is 0.00776. The molecule has 3 rings (SSSR count). The number of carboxylic acids is 1. The second kappa shape index (κ2) is 6.28. The molecule has 7 nitrogen and oxygen atoms in total. The fourth-order valence-corrected chi connectivity index (χ4v) is 2.37. The van der Waals surface area contributed by atoms with Crippen LogP contribution in [0, 0.1) is 0 Å². The van der Waals surface area contributed by atoms with Crippen molar-refractivity contribution >= 4 is 23.6 Å². The average Bonchev–Trinajstić information content (AvgIpc) is 3.37. The Balaban J connectivity index is 1.68. The second-order valence-corrected chi connectivity index (χ2v) is 6.01. The summed E-state index contributed by atoms with van der Waals surface area (Å²) in [5.41, 5.74) is 0.891. The normalized spacial score (nSPS) is 16.5. The lowest BCUT2D eigenvalue weighted by atomic mass is 10.1. The lowest BCUT2D eigenvalue weighted by Gasteiger charge is -2.20. The predicted octanol–water partition coefficient (Wildman–Crippen LogP) is 1.66. The van der Waals surface area contributed by atoms with Crippen LogP contribution in [-0.4, -0.2) is 46.5 Å². The second-order valence-electron chi connectivity index (χ2n) is 6.01. The Morgan fingerprint density at radius 1 is 1.17 bits per heavy atom. The maximum Gasteiger partial charge on any atom is 0.323 e. The topological polar surface area (TPSA) is 98.7 Å². The lowest BCUT2D eigenvalue weighted by Crippen LogP contribution is -2.37. The van der Waals surface area contributed by atoms with Crippen LogP contribution in [0.25, 0.3) is 0 Å². The first-order valence-electron chi connectivity index (χ1n) is 7.73. The highest BCUT2D eigenvalue weighted by atomic mass is 16.4. The predicted molar refractivity (Wildman–Crippen MR) is 83.3 cm³/mol. The molecule has 0 saturated heterocycles. The fourth-order valence-electron chi connectivity index (χ4n) is 2.37. The van der Waals surface area contributed by atoms with Crippen molar-refractivity contribution in [2.24, 2.45) is 0 Å². The van der Waals surface area contributed by atoms with Gasteiger partial charge >= 0.3 is 12.0 Å². The van der Waals surface area contributed by atoms with Gasteiger partial charge in [0.1, 0.15) is 6.54 Å². The Hall–Kier alpha value is -2.57. The maximum atomic E-state index is 12.5. The van der Waals surface area contributed by atoms with Gasteiger partial charge in [-0.25, -0.2) is 4.79 Å². The quantitative estimate of drug-likeness (QED) is 0.743. The number of nitrogens with one attached hydrogen (secondary N) is 2. The highest BCUT2D eigenvalue weighted by Crippen LogP contribution is 2.28. The molecular weight excluding hydrogens is 298 g/mol. The van der Waals surface area contributed by atoms with Crippen molar-refractivity contribution in [3.8, 4) is 0 Å². The van der Waals surface area contributed by atoms with Crippen molar-refractivity contribution in [3.63, 3.8) is 0 Å². The van der Waals surface area contributed by atoms with E-state index in [1.807, 2.05) is 0 Å². The Morgan fingerprint density at radius 3 is 2.52 bits per heavy atom. The van der Waals surface area contributed by atoms with Gasteiger partial charge in [0.25, 0.3) is 5.91 Å². The van der Waals surface area contributed by atoms with E-state index in [0.717, 1.165) is 25.7 Å². The summed E-state index contributed by atoms with van der Waals surface area (Å²) < 4.78 is 0. The number of hydrogen-bond donors (Lipinski definition) is 3. The molecule has 1 aromatic carbocycles. The summed E-state index contributed by atoms with van der Waals surface area (Å²) in [4.78, 5) is 36.6. The molecule has 0 aromatic heterocycles. The fraction of sp³-hybridized carbons (Fsp3) is 0.438. The average molecular weight is 317 g/mol. The van der Waals surface area contributed by atoms with Gasteiger partial charge in [-0.1, -0.05) is 6.07 Å². The van der Waals surface area contributed by atoms with Crippen molar-refractivity contribution in [1.29, 1.82) is 0 Å². The van der Waals surface area contributed by atoms with E-state index in [-0.39, 0.29) is 30.6 Å². The first-order chi connectivity index (χ1) is 11.0. The van der Waals surface area contributed by atoms with Crippen molar-refractivity contribution in [2.75, 3.05) is 11.9 Å². The molecule has 1 aromatic rings. The van der Waals surface area contributed by atoms with Gasteiger partial charge in [0.05, 0.1) is 0 Å². The van der Waals surface area contributed by atoms with Crippen LogP contribution in [0.5, 0.6) is 0 Å². The Bertz CT molecular complexity index is 638. The standard InChI is InChI=1S/C16H19N3O4/c20-14(21)9-19(13-6-7-13)15(22)10-2-1-3-12(8-10)18-16(23)17-11-4-5-11/h1-3,8,11,13H,4-7,9H2,(H,20,21)(H2,17,18,23). The molecule has 2 aliphatic rings. The number of carbonyl (C=O) groups is 3. The lowest BCUT2D eigenvalue weighted by molar-refractivity contribution is -0.137. The summed E-state index contributed by atoms with van der Waals surface area (Å²) in [7, 11) is 0. The first kappa shape index (κ1) is 15.3. The van der Waals surface area contributed by atoms with Crippen molar-refractivity contribution < 1.29 is 19.5 Å². The molecule has 122 valence electrons. The zero-order valence-corrected chi connectivity index (χ0v) is 12.6. The Labute approximate surface area is 133 Å². The third-order valence-corrected chi connectivity index (χ3v) is 3.83. The van der Waals surface area contributed by atoms with E-state index in [2.05, 4.69) is 10.6 Å². The zero-order valence-electron chi connectivity index (χ0n) is 12.6. The largest absolute Gasteiger partial charge is 0.480 e. The van der Waals surface area contributed by atoms with E-state index in [1.54, 1.807) is 24.3 Å². The third-order valence-electron chi connectivity index (χ3n) is 3.83. The molecule has 0 atom stereocenters. The molecule has 0 aliphatic heterocycles. The van der Waals surface area contributed by atoms with Crippen LogP contribution in [-0.2, 0) is 4.79 Å². The minimum Gasteiger partial charge on any atom is -0.480 e. The van der Waals surface area contributed by atoms with E-state index in [9.17, 15) is 14.4 Å². The number of carboxylic acid groups (broad SMARTS) is 1. The monoisotopic (exact) mass is 317 g/mol. The summed E-state index contributed by atoms with van der Waals surface area (Å²) in [5.74, 6) is -1.34. The first-order valence-corrected chi connectivity index (χ1v) is 7.73. The van der Waals surface area contributed by atoms with Gasteiger partial charge in [-0.05, 0) is 43.9 Å². The van der Waals surface area contributed by atoms with E-state index in [1.165, 1.54) is 4.90 Å². The molecule has 3 N–H and O–H groups in total. The minimum atomic E-state index is -1.02.